The van der Waals surface area contributed by atoms with Crippen molar-refractivity contribution in [2.24, 2.45) is 0 Å². The molecule has 0 unspecified atom stereocenters. The third-order valence-electron chi connectivity index (χ3n) is 5.81. The predicted molar refractivity (Wildman–Crippen MR) is 106 cm³/mol. The number of hydrogen-bond acceptors (Lipinski definition) is 5. The highest BCUT2D eigenvalue weighted by atomic mass is 16.5. The second-order valence-corrected chi connectivity index (χ2v) is 7.75. The molecule has 1 aliphatic carbocycles. The molecule has 1 saturated carbocycles. The van der Waals surface area contributed by atoms with Crippen molar-refractivity contribution in [2.45, 2.75) is 51.2 Å². The number of ether oxygens (including phenoxy) is 1. The SMILES string of the molecule is O=C(c1cc(COc2ccccc2)on1)N1CCCN(C2CCCCC2)CC1. The summed E-state index contributed by atoms with van der Waals surface area (Å²) in [7, 11) is 0. The van der Waals surface area contributed by atoms with Crippen molar-refractivity contribution in [1.29, 1.82) is 0 Å². The summed E-state index contributed by atoms with van der Waals surface area (Å²) in [6.07, 6.45) is 7.69. The molecule has 4 rings (SSSR count). The van der Waals surface area contributed by atoms with Crippen LogP contribution in [0.3, 0.4) is 0 Å². The second kappa shape index (κ2) is 9.24. The molecule has 2 aliphatic rings. The minimum atomic E-state index is -0.0415. The van der Waals surface area contributed by atoms with E-state index in [-0.39, 0.29) is 12.5 Å². The molecule has 2 aromatic rings. The number of carbonyl (C=O) groups is 1. The van der Waals surface area contributed by atoms with E-state index in [0.717, 1.165) is 38.3 Å². The molecule has 6 heteroatoms. The van der Waals surface area contributed by atoms with Gasteiger partial charge in [0.1, 0.15) is 12.4 Å². The van der Waals surface area contributed by atoms with Gasteiger partial charge in [-0.3, -0.25) is 9.69 Å². The lowest BCUT2D eigenvalue weighted by Crippen LogP contribution is -2.40. The molecular weight excluding hydrogens is 354 g/mol. The molecular formula is C22H29N3O3. The van der Waals surface area contributed by atoms with Crippen molar-refractivity contribution in [3.63, 3.8) is 0 Å². The van der Waals surface area contributed by atoms with Crippen LogP contribution in [0.1, 0.15) is 54.8 Å². The van der Waals surface area contributed by atoms with Crippen LogP contribution in [0.15, 0.2) is 40.9 Å². The third kappa shape index (κ3) is 4.73. The van der Waals surface area contributed by atoms with Crippen molar-refractivity contribution in [3.05, 3.63) is 47.9 Å². The first-order valence-corrected chi connectivity index (χ1v) is 10.5. The van der Waals surface area contributed by atoms with E-state index in [4.69, 9.17) is 9.26 Å². The average molecular weight is 383 g/mol. The first-order valence-electron chi connectivity index (χ1n) is 10.5. The van der Waals surface area contributed by atoms with Crippen molar-refractivity contribution in [1.82, 2.24) is 15.0 Å². The lowest BCUT2D eigenvalue weighted by Gasteiger charge is -2.33. The summed E-state index contributed by atoms with van der Waals surface area (Å²) in [4.78, 5) is 17.4. The molecule has 28 heavy (non-hydrogen) atoms. The highest BCUT2D eigenvalue weighted by Gasteiger charge is 2.27. The Morgan fingerprint density at radius 3 is 2.68 bits per heavy atom. The molecule has 150 valence electrons. The van der Waals surface area contributed by atoms with Gasteiger partial charge in [-0.15, -0.1) is 0 Å². The summed E-state index contributed by atoms with van der Waals surface area (Å²) >= 11 is 0. The zero-order chi connectivity index (χ0) is 19.2. The Bertz CT molecular complexity index is 755. The van der Waals surface area contributed by atoms with Crippen molar-refractivity contribution >= 4 is 5.91 Å². The zero-order valence-corrected chi connectivity index (χ0v) is 16.4. The van der Waals surface area contributed by atoms with Crippen LogP contribution in [-0.4, -0.2) is 53.1 Å². The van der Waals surface area contributed by atoms with Crippen LogP contribution in [0.5, 0.6) is 5.75 Å². The minimum absolute atomic E-state index is 0.0415. The maximum absolute atomic E-state index is 12.9. The second-order valence-electron chi connectivity index (χ2n) is 7.75. The minimum Gasteiger partial charge on any atom is -0.486 e. The largest absolute Gasteiger partial charge is 0.486 e. The van der Waals surface area contributed by atoms with Crippen molar-refractivity contribution in [3.8, 4) is 5.75 Å². The van der Waals surface area contributed by atoms with Gasteiger partial charge in [0.05, 0.1) is 0 Å². The quantitative estimate of drug-likeness (QED) is 0.787. The van der Waals surface area contributed by atoms with E-state index < -0.39 is 0 Å². The number of carbonyl (C=O) groups excluding carboxylic acids is 1. The van der Waals surface area contributed by atoms with Crippen LogP contribution < -0.4 is 4.74 Å². The van der Waals surface area contributed by atoms with E-state index >= 15 is 0 Å². The number of rotatable bonds is 5. The van der Waals surface area contributed by atoms with Crippen LogP contribution in [0, 0.1) is 0 Å². The van der Waals surface area contributed by atoms with Gasteiger partial charge in [-0.25, -0.2) is 0 Å². The number of aromatic nitrogens is 1. The van der Waals surface area contributed by atoms with Crippen molar-refractivity contribution in [2.75, 3.05) is 26.2 Å². The van der Waals surface area contributed by atoms with E-state index in [1.807, 2.05) is 35.2 Å². The van der Waals surface area contributed by atoms with Gasteiger partial charge >= 0.3 is 0 Å². The summed E-state index contributed by atoms with van der Waals surface area (Å²) in [5.41, 5.74) is 0.373. The fraction of sp³-hybridized carbons (Fsp3) is 0.545. The fourth-order valence-corrected chi connectivity index (χ4v) is 4.27. The lowest BCUT2D eigenvalue weighted by atomic mass is 9.94. The van der Waals surface area contributed by atoms with Crippen LogP contribution in [0.2, 0.25) is 0 Å². The highest BCUT2D eigenvalue weighted by Crippen LogP contribution is 2.24. The van der Waals surface area contributed by atoms with E-state index in [2.05, 4.69) is 10.1 Å². The molecule has 2 fully saturated rings. The Labute approximate surface area is 166 Å². The Hall–Kier alpha value is -2.34. The number of hydrogen-bond donors (Lipinski definition) is 0. The van der Waals surface area contributed by atoms with Gasteiger partial charge < -0.3 is 14.2 Å². The Morgan fingerprint density at radius 2 is 1.86 bits per heavy atom. The summed E-state index contributed by atoms with van der Waals surface area (Å²) in [6.45, 7) is 3.85. The third-order valence-corrected chi connectivity index (χ3v) is 5.81. The van der Waals surface area contributed by atoms with Crippen LogP contribution in [0.25, 0.3) is 0 Å². The van der Waals surface area contributed by atoms with E-state index in [0.29, 0.717) is 17.5 Å². The van der Waals surface area contributed by atoms with Gasteiger partial charge in [-0.1, -0.05) is 42.6 Å². The maximum atomic E-state index is 12.9. The standard InChI is InChI=1S/C22H29N3O3/c26-22(21-16-20(28-23-21)17-27-19-10-5-2-6-11-19)25-13-7-12-24(14-15-25)18-8-3-1-4-9-18/h2,5-6,10-11,16,18H,1,3-4,7-9,12-15,17H2. The fourth-order valence-electron chi connectivity index (χ4n) is 4.27. The normalized spacial score (nSPS) is 19.4. The number of para-hydroxylation sites is 1. The number of amides is 1. The molecule has 0 spiro atoms. The summed E-state index contributed by atoms with van der Waals surface area (Å²) in [6, 6.07) is 12.0. The zero-order valence-electron chi connectivity index (χ0n) is 16.4. The predicted octanol–water partition coefficient (Wildman–Crippen LogP) is 3.73. The van der Waals surface area contributed by atoms with Crippen LogP contribution >= 0.6 is 0 Å². The van der Waals surface area contributed by atoms with E-state index in [9.17, 15) is 4.79 Å². The molecule has 1 aliphatic heterocycles. The summed E-state index contributed by atoms with van der Waals surface area (Å²) < 4.78 is 11.0. The molecule has 2 heterocycles. The smallest absolute Gasteiger partial charge is 0.276 e. The summed E-state index contributed by atoms with van der Waals surface area (Å²) in [5.74, 6) is 1.29. The maximum Gasteiger partial charge on any atom is 0.276 e. The van der Waals surface area contributed by atoms with Gasteiger partial charge in [0.2, 0.25) is 0 Å². The summed E-state index contributed by atoms with van der Waals surface area (Å²) in [5, 5.41) is 3.98. The van der Waals surface area contributed by atoms with Gasteiger partial charge in [0.25, 0.3) is 5.91 Å². The molecule has 1 aromatic carbocycles. The Morgan fingerprint density at radius 1 is 1.04 bits per heavy atom. The van der Waals surface area contributed by atoms with E-state index in [1.54, 1.807) is 6.07 Å². The highest BCUT2D eigenvalue weighted by molar-refractivity contribution is 5.92. The average Bonchev–Trinajstić information content (AvgIpc) is 3.09. The molecule has 1 saturated heterocycles. The molecule has 1 amide bonds. The molecule has 1 aromatic heterocycles. The monoisotopic (exact) mass is 383 g/mol. The first-order chi connectivity index (χ1) is 13.8. The van der Waals surface area contributed by atoms with Crippen molar-refractivity contribution < 1.29 is 14.1 Å². The van der Waals surface area contributed by atoms with Crippen LogP contribution in [-0.2, 0) is 6.61 Å². The van der Waals surface area contributed by atoms with Gasteiger partial charge in [0.15, 0.2) is 11.5 Å². The lowest BCUT2D eigenvalue weighted by molar-refractivity contribution is 0.0744. The number of nitrogens with zero attached hydrogens (tertiary/aromatic N) is 3. The Balaban J connectivity index is 1.31. The molecule has 0 radical (unpaired) electrons. The first kappa shape index (κ1) is 19.0. The van der Waals surface area contributed by atoms with Gasteiger partial charge in [-0.2, -0.15) is 0 Å². The van der Waals surface area contributed by atoms with E-state index in [1.165, 1.54) is 32.1 Å². The topological polar surface area (TPSA) is 58.8 Å². The van der Waals surface area contributed by atoms with Crippen LogP contribution in [0.4, 0.5) is 0 Å². The molecule has 6 nitrogen and oxygen atoms in total. The number of benzene rings is 1. The molecule has 0 bridgehead atoms. The Kier molecular flexibility index (Phi) is 6.27. The molecule has 0 atom stereocenters. The molecule has 0 N–H and O–H groups in total. The van der Waals surface area contributed by atoms with Gasteiger partial charge in [0, 0.05) is 38.3 Å². The van der Waals surface area contributed by atoms with Gasteiger partial charge in [-0.05, 0) is 31.4 Å².